The molecule has 0 fully saturated rings. The van der Waals surface area contributed by atoms with Crippen LogP contribution >= 0.6 is 23.8 Å². The molecule has 0 bridgehead atoms. The average molecular weight is 336 g/mol. The van der Waals surface area contributed by atoms with Crippen molar-refractivity contribution < 1.29 is 9.84 Å². The molecule has 0 heterocycles. The van der Waals surface area contributed by atoms with Crippen LogP contribution in [0, 0.1) is 0 Å². The van der Waals surface area contributed by atoms with Crippen LogP contribution in [0.25, 0.3) is 0 Å². The smallest absolute Gasteiger partial charge is 0.191 e. The number of aromatic hydroxyl groups is 1. The van der Waals surface area contributed by atoms with Gasteiger partial charge in [-0.2, -0.15) is 5.10 Å². The number of ether oxygens (including phenoxy) is 1. The van der Waals surface area contributed by atoms with Gasteiger partial charge in [-0.3, -0.25) is 5.43 Å². The number of hydrazone groups is 1. The van der Waals surface area contributed by atoms with E-state index in [1.165, 1.54) is 12.3 Å². The van der Waals surface area contributed by atoms with E-state index in [0.717, 1.165) is 5.69 Å². The zero-order valence-electron chi connectivity index (χ0n) is 11.7. The lowest BCUT2D eigenvalue weighted by molar-refractivity contribution is 0.417. The van der Waals surface area contributed by atoms with E-state index in [-0.39, 0.29) is 5.75 Å². The molecule has 0 aromatic heterocycles. The number of rotatable bonds is 4. The maximum Gasteiger partial charge on any atom is 0.191 e. The van der Waals surface area contributed by atoms with E-state index in [1.54, 1.807) is 19.2 Å². The number of phenols is 1. The van der Waals surface area contributed by atoms with Gasteiger partial charge in [0.2, 0.25) is 0 Å². The van der Waals surface area contributed by atoms with Crippen molar-refractivity contribution in [1.29, 1.82) is 0 Å². The molecule has 0 radical (unpaired) electrons. The van der Waals surface area contributed by atoms with Crippen molar-refractivity contribution in [2.24, 2.45) is 5.10 Å². The Balaban J connectivity index is 1.98. The van der Waals surface area contributed by atoms with E-state index >= 15 is 0 Å². The summed E-state index contributed by atoms with van der Waals surface area (Å²) >= 11 is 11.0. The molecule has 0 aliphatic carbocycles. The van der Waals surface area contributed by atoms with Gasteiger partial charge in [-0.15, -0.1) is 0 Å². The predicted octanol–water partition coefficient (Wildman–Crippen LogP) is 3.37. The number of hydrogen-bond donors (Lipinski definition) is 3. The Morgan fingerprint density at radius 3 is 2.86 bits per heavy atom. The van der Waals surface area contributed by atoms with Gasteiger partial charge >= 0.3 is 0 Å². The third kappa shape index (κ3) is 4.34. The number of benzene rings is 2. The topological polar surface area (TPSA) is 65.9 Å². The highest BCUT2D eigenvalue weighted by Gasteiger charge is 2.03. The summed E-state index contributed by atoms with van der Waals surface area (Å²) < 4.78 is 5.21. The predicted molar refractivity (Wildman–Crippen MR) is 93.1 cm³/mol. The normalized spacial score (nSPS) is 10.5. The molecule has 0 aliphatic rings. The number of methoxy groups -OCH3 is 1. The van der Waals surface area contributed by atoms with Crippen LogP contribution < -0.4 is 15.5 Å². The Hall–Kier alpha value is -2.31. The lowest BCUT2D eigenvalue weighted by Gasteiger charge is -2.10. The molecular formula is C15H14ClN3O2S. The Bertz CT molecular complexity index is 707. The monoisotopic (exact) mass is 335 g/mol. The molecule has 0 aliphatic heterocycles. The summed E-state index contributed by atoms with van der Waals surface area (Å²) in [5.41, 5.74) is 3.87. The Morgan fingerprint density at radius 1 is 1.32 bits per heavy atom. The highest BCUT2D eigenvalue weighted by Crippen LogP contribution is 2.22. The number of phenolic OH excluding ortho intramolecular Hbond substituents is 1. The van der Waals surface area contributed by atoms with Crippen molar-refractivity contribution in [2.75, 3.05) is 12.4 Å². The SMILES string of the molecule is COc1ccccc1NC(=S)N/N=C/c1cc(Cl)ccc1O. The number of halogens is 1. The third-order valence-electron chi connectivity index (χ3n) is 2.71. The number of hydrogen-bond acceptors (Lipinski definition) is 4. The Morgan fingerprint density at radius 2 is 2.09 bits per heavy atom. The average Bonchev–Trinajstić information content (AvgIpc) is 2.51. The fraction of sp³-hybridized carbons (Fsp3) is 0.0667. The minimum absolute atomic E-state index is 0.0820. The van der Waals surface area contributed by atoms with Crippen LogP contribution in [0.4, 0.5) is 5.69 Å². The van der Waals surface area contributed by atoms with Crippen LogP contribution in [-0.2, 0) is 0 Å². The van der Waals surface area contributed by atoms with E-state index in [0.29, 0.717) is 21.4 Å². The second-order valence-corrected chi connectivity index (χ2v) is 5.07. The maximum absolute atomic E-state index is 9.66. The molecule has 2 rings (SSSR count). The zero-order chi connectivity index (χ0) is 15.9. The second kappa shape index (κ2) is 7.63. The van der Waals surface area contributed by atoms with Gasteiger partial charge in [0.05, 0.1) is 19.0 Å². The first-order valence-electron chi connectivity index (χ1n) is 6.31. The van der Waals surface area contributed by atoms with Crippen LogP contribution in [0.2, 0.25) is 5.02 Å². The highest BCUT2D eigenvalue weighted by atomic mass is 35.5. The first-order valence-corrected chi connectivity index (χ1v) is 7.10. The fourth-order valence-electron chi connectivity index (χ4n) is 1.69. The van der Waals surface area contributed by atoms with E-state index in [4.69, 9.17) is 28.6 Å². The van der Waals surface area contributed by atoms with Crippen LogP contribution in [0.15, 0.2) is 47.6 Å². The van der Waals surface area contributed by atoms with Gasteiger partial charge in [0.15, 0.2) is 5.11 Å². The van der Waals surface area contributed by atoms with E-state index in [2.05, 4.69) is 15.8 Å². The quantitative estimate of drug-likeness (QED) is 0.454. The summed E-state index contributed by atoms with van der Waals surface area (Å²) in [4.78, 5) is 0. The number of anilines is 1. The van der Waals surface area contributed by atoms with Gasteiger partial charge in [-0.25, -0.2) is 0 Å². The minimum Gasteiger partial charge on any atom is -0.507 e. The molecule has 3 N–H and O–H groups in total. The van der Waals surface area contributed by atoms with Crippen molar-refractivity contribution in [3.05, 3.63) is 53.1 Å². The molecule has 2 aromatic carbocycles. The number of nitrogens with zero attached hydrogens (tertiary/aromatic N) is 1. The lowest BCUT2D eigenvalue weighted by atomic mass is 10.2. The molecule has 0 saturated carbocycles. The van der Waals surface area contributed by atoms with Gasteiger partial charge in [0.25, 0.3) is 0 Å². The summed E-state index contributed by atoms with van der Waals surface area (Å²) in [6.45, 7) is 0. The van der Waals surface area contributed by atoms with E-state index in [1.807, 2.05) is 24.3 Å². The molecule has 0 spiro atoms. The summed E-state index contributed by atoms with van der Waals surface area (Å²) in [5, 5.41) is 17.4. The second-order valence-electron chi connectivity index (χ2n) is 4.23. The first-order chi connectivity index (χ1) is 10.6. The highest BCUT2D eigenvalue weighted by molar-refractivity contribution is 7.80. The van der Waals surface area contributed by atoms with E-state index in [9.17, 15) is 5.11 Å². The maximum atomic E-state index is 9.66. The zero-order valence-corrected chi connectivity index (χ0v) is 13.3. The van der Waals surface area contributed by atoms with Gasteiger partial charge in [0, 0.05) is 10.6 Å². The molecule has 7 heteroatoms. The van der Waals surface area contributed by atoms with Gasteiger partial charge in [0.1, 0.15) is 11.5 Å². The molecule has 0 saturated heterocycles. The summed E-state index contributed by atoms with van der Waals surface area (Å²) in [6.07, 6.45) is 1.43. The summed E-state index contributed by atoms with van der Waals surface area (Å²) in [5.74, 6) is 0.752. The lowest BCUT2D eigenvalue weighted by Crippen LogP contribution is -2.24. The van der Waals surface area contributed by atoms with Crippen LogP contribution in [0.3, 0.4) is 0 Å². The third-order valence-corrected chi connectivity index (χ3v) is 3.14. The van der Waals surface area contributed by atoms with Gasteiger partial charge in [-0.05, 0) is 42.5 Å². The molecule has 0 unspecified atom stereocenters. The summed E-state index contributed by atoms with van der Waals surface area (Å²) in [6, 6.07) is 12.1. The van der Waals surface area contributed by atoms with Crippen LogP contribution in [0.1, 0.15) is 5.56 Å². The molecule has 0 amide bonds. The van der Waals surface area contributed by atoms with Gasteiger partial charge in [-0.1, -0.05) is 23.7 Å². The Kier molecular flexibility index (Phi) is 5.57. The van der Waals surface area contributed by atoms with Crippen molar-refractivity contribution in [3.8, 4) is 11.5 Å². The molecule has 22 heavy (non-hydrogen) atoms. The van der Waals surface area contributed by atoms with Crippen molar-refractivity contribution >= 4 is 40.8 Å². The summed E-state index contributed by atoms with van der Waals surface area (Å²) in [7, 11) is 1.58. The minimum atomic E-state index is 0.0820. The molecule has 0 atom stereocenters. The Labute approximate surface area is 138 Å². The number of nitrogens with one attached hydrogen (secondary N) is 2. The van der Waals surface area contributed by atoms with Crippen molar-refractivity contribution in [2.45, 2.75) is 0 Å². The van der Waals surface area contributed by atoms with Crippen LogP contribution in [-0.4, -0.2) is 23.5 Å². The van der Waals surface area contributed by atoms with Crippen molar-refractivity contribution in [1.82, 2.24) is 5.43 Å². The fourth-order valence-corrected chi connectivity index (χ4v) is 2.03. The standard InChI is InChI=1S/C15H14ClN3O2S/c1-21-14-5-3-2-4-12(14)18-15(22)19-17-9-10-8-11(16)6-7-13(10)20/h2-9,20H,1H3,(H2,18,19,22)/b17-9+. The molecule has 2 aromatic rings. The first kappa shape index (κ1) is 16.1. The van der Waals surface area contributed by atoms with E-state index < -0.39 is 0 Å². The largest absolute Gasteiger partial charge is 0.507 e. The number of thiocarbonyl (C=S) groups is 1. The molecule has 5 nitrogen and oxygen atoms in total. The molecular weight excluding hydrogens is 322 g/mol. The van der Waals surface area contributed by atoms with Gasteiger partial charge < -0.3 is 15.2 Å². The number of para-hydroxylation sites is 2. The molecule has 114 valence electrons. The van der Waals surface area contributed by atoms with Crippen LogP contribution in [0.5, 0.6) is 11.5 Å². The van der Waals surface area contributed by atoms with Crippen molar-refractivity contribution in [3.63, 3.8) is 0 Å².